The van der Waals surface area contributed by atoms with Crippen molar-refractivity contribution in [2.24, 2.45) is 5.73 Å². The number of rotatable bonds is 6. The Morgan fingerprint density at radius 1 is 0.750 bits per heavy atom. The molecular weight excluding hydrogens is 316 g/mol. The average Bonchev–Trinajstić information content (AvgIpc) is 2.63. The smallest absolute Gasteiger partial charge is 0.0338 e. The molecule has 0 amide bonds. The van der Waals surface area contributed by atoms with Crippen LogP contribution in [0.1, 0.15) is 43.2 Å². The van der Waals surface area contributed by atoms with Gasteiger partial charge in [-0.05, 0) is 24.0 Å². The second-order valence-electron chi connectivity index (χ2n) is 6.82. The molecule has 0 unspecified atom stereocenters. The Hall–Kier alpha value is -1.35. The third-order valence-electron chi connectivity index (χ3n) is 5.27. The van der Waals surface area contributed by atoms with Gasteiger partial charge in [-0.3, -0.25) is 4.90 Å². The van der Waals surface area contributed by atoms with Gasteiger partial charge < -0.3 is 5.73 Å². The van der Waals surface area contributed by atoms with E-state index in [1.54, 1.807) is 0 Å². The van der Waals surface area contributed by atoms with E-state index in [1.165, 1.54) is 43.2 Å². The van der Waals surface area contributed by atoms with Crippen molar-refractivity contribution in [3.05, 3.63) is 71.8 Å². The van der Waals surface area contributed by atoms with Gasteiger partial charge in [0.15, 0.2) is 0 Å². The third-order valence-corrected chi connectivity index (χ3v) is 5.27. The number of halogens is 1. The highest BCUT2D eigenvalue weighted by Crippen LogP contribution is 2.35. The monoisotopic (exact) mass is 344 g/mol. The molecule has 1 saturated carbocycles. The Morgan fingerprint density at radius 3 is 1.62 bits per heavy atom. The molecule has 0 spiro atoms. The van der Waals surface area contributed by atoms with E-state index in [2.05, 4.69) is 65.6 Å². The van der Waals surface area contributed by atoms with Gasteiger partial charge in [-0.15, -0.1) is 12.4 Å². The first-order valence-corrected chi connectivity index (χ1v) is 8.85. The van der Waals surface area contributed by atoms with E-state index < -0.39 is 0 Å². The molecule has 0 aliphatic heterocycles. The molecule has 2 aromatic rings. The van der Waals surface area contributed by atoms with Gasteiger partial charge in [-0.25, -0.2) is 0 Å². The molecule has 3 rings (SSSR count). The van der Waals surface area contributed by atoms with Gasteiger partial charge in [0.2, 0.25) is 0 Å². The van der Waals surface area contributed by atoms with Crippen molar-refractivity contribution < 1.29 is 0 Å². The second-order valence-corrected chi connectivity index (χ2v) is 6.82. The van der Waals surface area contributed by atoms with Crippen LogP contribution < -0.4 is 5.73 Å². The fraction of sp³-hybridized carbons (Fsp3) is 0.429. The zero-order chi connectivity index (χ0) is 16.0. The van der Waals surface area contributed by atoms with Gasteiger partial charge in [0.05, 0.1) is 0 Å². The lowest BCUT2D eigenvalue weighted by atomic mass is 9.79. The van der Waals surface area contributed by atoms with Crippen molar-refractivity contribution in [3.8, 4) is 0 Å². The van der Waals surface area contributed by atoms with Gasteiger partial charge in [-0.2, -0.15) is 0 Å². The number of nitrogens with two attached hydrogens (primary N) is 1. The highest BCUT2D eigenvalue weighted by molar-refractivity contribution is 5.85. The van der Waals surface area contributed by atoms with Gasteiger partial charge in [0.25, 0.3) is 0 Å². The van der Waals surface area contributed by atoms with Crippen molar-refractivity contribution >= 4 is 12.4 Å². The standard InChI is InChI=1S/C21H28N2.ClH/c22-18-21(14-8-3-9-15-21)23(16-19-10-4-1-5-11-19)17-20-12-6-2-7-13-20;/h1-2,4-7,10-13H,3,8-9,14-18,22H2;1H. The fourth-order valence-electron chi connectivity index (χ4n) is 3.86. The molecule has 0 atom stereocenters. The molecule has 3 heteroatoms. The molecule has 2 nitrogen and oxygen atoms in total. The van der Waals surface area contributed by atoms with Crippen molar-refractivity contribution in [2.45, 2.75) is 50.7 Å². The predicted molar refractivity (Wildman–Crippen MR) is 104 cm³/mol. The van der Waals surface area contributed by atoms with Crippen LogP contribution in [0.3, 0.4) is 0 Å². The second kappa shape index (κ2) is 9.22. The molecule has 24 heavy (non-hydrogen) atoms. The molecule has 2 aromatic carbocycles. The topological polar surface area (TPSA) is 29.3 Å². The third kappa shape index (κ3) is 4.60. The average molecular weight is 345 g/mol. The van der Waals surface area contributed by atoms with Gasteiger partial charge >= 0.3 is 0 Å². The summed E-state index contributed by atoms with van der Waals surface area (Å²) in [5.74, 6) is 0. The first-order valence-electron chi connectivity index (χ1n) is 8.85. The zero-order valence-corrected chi connectivity index (χ0v) is 15.2. The lowest BCUT2D eigenvalue weighted by molar-refractivity contribution is 0.0420. The predicted octanol–water partition coefficient (Wildman–Crippen LogP) is 4.77. The Morgan fingerprint density at radius 2 is 1.21 bits per heavy atom. The number of nitrogens with zero attached hydrogens (tertiary/aromatic N) is 1. The van der Waals surface area contributed by atoms with Crippen LogP contribution in [0.25, 0.3) is 0 Å². The van der Waals surface area contributed by atoms with Crippen molar-refractivity contribution in [1.29, 1.82) is 0 Å². The van der Waals surface area contributed by atoms with Crippen LogP contribution in [0, 0.1) is 0 Å². The Balaban J connectivity index is 0.00000208. The van der Waals surface area contributed by atoms with E-state index in [0.717, 1.165) is 19.6 Å². The highest BCUT2D eigenvalue weighted by atomic mass is 35.5. The molecule has 1 aliphatic rings. The summed E-state index contributed by atoms with van der Waals surface area (Å²) in [6.45, 7) is 2.71. The largest absolute Gasteiger partial charge is 0.329 e. The zero-order valence-electron chi connectivity index (χ0n) is 14.4. The first kappa shape index (κ1) is 19.0. The van der Waals surface area contributed by atoms with Crippen molar-refractivity contribution in [1.82, 2.24) is 4.90 Å². The van der Waals surface area contributed by atoms with E-state index in [4.69, 9.17) is 5.73 Å². The van der Waals surface area contributed by atoms with Crippen LogP contribution in [0.5, 0.6) is 0 Å². The molecule has 0 aromatic heterocycles. The maximum Gasteiger partial charge on any atom is 0.0338 e. The molecule has 0 radical (unpaired) electrons. The van der Waals surface area contributed by atoms with Crippen LogP contribution in [-0.2, 0) is 13.1 Å². The minimum Gasteiger partial charge on any atom is -0.329 e. The molecule has 0 heterocycles. The summed E-state index contributed by atoms with van der Waals surface area (Å²) in [6, 6.07) is 21.6. The first-order chi connectivity index (χ1) is 11.3. The van der Waals surface area contributed by atoms with Crippen LogP contribution in [-0.4, -0.2) is 17.0 Å². The summed E-state index contributed by atoms with van der Waals surface area (Å²) in [5, 5.41) is 0. The lowest BCUT2D eigenvalue weighted by Gasteiger charge is -2.46. The summed E-state index contributed by atoms with van der Waals surface area (Å²) in [4.78, 5) is 2.64. The SMILES string of the molecule is Cl.NCC1(N(Cc2ccccc2)Cc2ccccc2)CCCCC1. The fourth-order valence-corrected chi connectivity index (χ4v) is 3.86. The molecule has 1 aliphatic carbocycles. The van der Waals surface area contributed by atoms with Crippen LogP contribution >= 0.6 is 12.4 Å². The summed E-state index contributed by atoms with van der Waals surface area (Å²) in [5.41, 5.74) is 9.21. The van der Waals surface area contributed by atoms with Gasteiger partial charge in [0, 0.05) is 25.2 Å². The van der Waals surface area contributed by atoms with Crippen molar-refractivity contribution in [3.63, 3.8) is 0 Å². The maximum atomic E-state index is 6.30. The van der Waals surface area contributed by atoms with Gasteiger partial charge in [0.1, 0.15) is 0 Å². The molecule has 0 saturated heterocycles. The van der Waals surface area contributed by atoms with E-state index in [9.17, 15) is 0 Å². The quantitative estimate of drug-likeness (QED) is 0.817. The summed E-state index contributed by atoms with van der Waals surface area (Å²) in [7, 11) is 0. The van der Waals surface area contributed by atoms with E-state index in [1.807, 2.05) is 0 Å². The van der Waals surface area contributed by atoms with Crippen LogP contribution in [0.4, 0.5) is 0 Å². The molecular formula is C21H29ClN2. The number of hydrogen-bond acceptors (Lipinski definition) is 2. The summed E-state index contributed by atoms with van der Waals surface area (Å²) >= 11 is 0. The Bertz CT molecular complexity index is 538. The number of benzene rings is 2. The number of hydrogen-bond donors (Lipinski definition) is 1. The van der Waals surface area contributed by atoms with E-state index >= 15 is 0 Å². The van der Waals surface area contributed by atoms with Crippen LogP contribution in [0.15, 0.2) is 60.7 Å². The molecule has 130 valence electrons. The minimum absolute atomic E-state index is 0. The normalized spacial score (nSPS) is 16.6. The summed E-state index contributed by atoms with van der Waals surface area (Å²) < 4.78 is 0. The molecule has 2 N–H and O–H groups in total. The van der Waals surface area contributed by atoms with Gasteiger partial charge in [-0.1, -0.05) is 79.9 Å². The highest BCUT2D eigenvalue weighted by Gasteiger charge is 2.36. The minimum atomic E-state index is 0. The van der Waals surface area contributed by atoms with Crippen molar-refractivity contribution in [2.75, 3.05) is 6.54 Å². The Labute approximate surface area is 152 Å². The maximum absolute atomic E-state index is 6.30. The Kier molecular flexibility index (Phi) is 7.29. The molecule has 1 fully saturated rings. The van der Waals surface area contributed by atoms with E-state index in [0.29, 0.717) is 0 Å². The summed E-state index contributed by atoms with van der Waals surface area (Å²) in [6.07, 6.45) is 6.41. The molecule has 0 bridgehead atoms. The lowest BCUT2D eigenvalue weighted by Crippen LogP contribution is -2.54. The van der Waals surface area contributed by atoms with E-state index in [-0.39, 0.29) is 17.9 Å². The van der Waals surface area contributed by atoms with Crippen LogP contribution in [0.2, 0.25) is 0 Å².